The van der Waals surface area contributed by atoms with E-state index in [1.165, 1.54) is 27.8 Å². The van der Waals surface area contributed by atoms with Crippen molar-refractivity contribution in [1.29, 1.82) is 0 Å². The van der Waals surface area contributed by atoms with Gasteiger partial charge < -0.3 is 4.74 Å². The lowest BCUT2D eigenvalue weighted by molar-refractivity contribution is 0.194. The van der Waals surface area contributed by atoms with Gasteiger partial charge in [-0.1, -0.05) is 31.5 Å². The SMILES string of the molecule is CCC(CC)Oc1cc(C)nn2c(-c3c(C)cc(C)cc3C)cc(C)c12. The van der Waals surface area contributed by atoms with Crippen LogP contribution in [0.4, 0.5) is 0 Å². The van der Waals surface area contributed by atoms with Crippen molar-refractivity contribution in [3.05, 3.63) is 52.2 Å². The van der Waals surface area contributed by atoms with Gasteiger partial charge in [0.15, 0.2) is 0 Å². The third kappa shape index (κ3) is 3.23. The molecule has 0 fully saturated rings. The number of hydrogen-bond donors (Lipinski definition) is 0. The molecular weight excluding hydrogens is 320 g/mol. The van der Waals surface area contributed by atoms with Crippen molar-refractivity contribution in [2.24, 2.45) is 0 Å². The molecule has 3 nitrogen and oxygen atoms in total. The number of benzene rings is 1. The molecule has 0 spiro atoms. The summed E-state index contributed by atoms with van der Waals surface area (Å²) in [5, 5.41) is 4.83. The molecular formula is C23H30N2O. The van der Waals surface area contributed by atoms with Crippen molar-refractivity contribution in [3.63, 3.8) is 0 Å². The average molecular weight is 351 g/mol. The molecule has 1 aromatic carbocycles. The summed E-state index contributed by atoms with van der Waals surface area (Å²) in [5.41, 5.74) is 9.53. The Labute approximate surface area is 157 Å². The van der Waals surface area contributed by atoms with Gasteiger partial charge >= 0.3 is 0 Å². The summed E-state index contributed by atoms with van der Waals surface area (Å²) in [6.07, 6.45) is 2.25. The van der Waals surface area contributed by atoms with Gasteiger partial charge in [-0.15, -0.1) is 0 Å². The minimum absolute atomic E-state index is 0.237. The van der Waals surface area contributed by atoms with E-state index in [-0.39, 0.29) is 6.10 Å². The van der Waals surface area contributed by atoms with Crippen LogP contribution < -0.4 is 4.74 Å². The van der Waals surface area contributed by atoms with E-state index in [0.29, 0.717) is 0 Å². The summed E-state index contributed by atoms with van der Waals surface area (Å²) < 4.78 is 8.43. The summed E-state index contributed by atoms with van der Waals surface area (Å²) in [7, 11) is 0. The lowest BCUT2D eigenvalue weighted by Crippen LogP contribution is -2.15. The van der Waals surface area contributed by atoms with Crippen LogP contribution in [-0.4, -0.2) is 15.7 Å². The highest BCUT2D eigenvalue weighted by molar-refractivity contribution is 5.78. The monoisotopic (exact) mass is 350 g/mol. The number of aryl methyl sites for hydroxylation is 5. The average Bonchev–Trinajstić information content (AvgIpc) is 2.88. The Kier molecular flexibility index (Phi) is 5.08. The zero-order valence-corrected chi connectivity index (χ0v) is 17.1. The molecule has 0 aliphatic rings. The van der Waals surface area contributed by atoms with Gasteiger partial charge in [-0.3, -0.25) is 0 Å². The fraction of sp³-hybridized carbons (Fsp3) is 0.435. The highest BCUT2D eigenvalue weighted by Crippen LogP contribution is 2.35. The smallest absolute Gasteiger partial charge is 0.147 e. The first-order valence-corrected chi connectivity index (χ1v) is 9.60. The molecule has 3 rings (SSSR count). The van der Waals surface area contributed by atoms with Crippen molar-refractivity contribution < 1.29 is 4.74 Å². The lowest BCUT2D eigenvalue weighted by atomic mass is 9.97. The first-order valence-electron chi connectivity index (χ1n) is 9.60. The second-order valence-electron chi connectivity index (χ2n) is 7.45. The van der Waals surface area contributed by atoms with Crippen LogP contribution >= 0.6 is 0 Å². The number of aromatic nitrogens is 2. The van der Waals surface area contributed by atoms with Gasteiger partial charge in [0, 0.05) is 11.6 Å². The molecule has 26 heavy (non-hydrogen) atoms. The molecule has 3 aromatic rings. The Balaban J connectivity index is 2.26. The van der Waals surface area contributed by atoms with Crippen LogP contribution in [-0.2, 0) is 0 Å². The van der Waals surface area contributed by atoms with Crippen LogP contribution in [0.15, 0.2) is 24.3 Å². The fourth-order valence-corrected chi connectivity index (χ4v) is 3.96. The molecule has 2 aromatic heterocycles. The molecule has 0 atom stereocenters. The largest absolute Gasteiger partial charge is 0.488 e. The van der Waals surface area contributed by atoms with E-state index in [1.54, 1.807) is 0 Å². The quantitative estimate of drug-likeness (QED) is 0.555. The molecule has 0 saturated carbocycles. The minimum atomic E-state index is 0.237. The van der Waals surface area contributed by atoms with Crippen LogP contribution in [0.5, 0.6) is 5.75 Å². The number of rotatable bonds is 5. The van der Waals surface area contributed by atoms with Gasteiger partial charge in [0.1, 0.15) is 11.3 Å². The van der Waals surface area contributed by atoms with Crippen molar-refractivity contribution in [1.82, 2.24) is 9.61 Å². The molecule has 3 heteroatoms. The van der Waals surface area contributed by atoms with E-state index in [0.717, 1.165) is 35.5 Å². The first-order chi connectivity index (χ1) is 12.3. The minimum Gasteiger partial charge on any atom is -0.488 e. The molecule has 0 unspecified atom stereocenters. The van der Waals surface area contributed by atoms with E-state index in [1.807, 2.05) is 6.92 Å². The maximum absolute atomic E-state index is 6.36. The topological polar surface area (TPSA) is 26.5 Å². The predicted octanol–water partition coefficient (Wildman–Crippen LogP) is 6.11. The molecule has 0 amide bonds. The summed E-state index contributed by atoms with van der Waals surface area (Å²) in [6.45, 7) is 15.0. The molecule has 0 radical (unpaired) electrons. The van der Waals surface area contributed by atoms with Crippen LogP contribution in [0.2, 0.25) is 0 Å². The fourth-order valence-electron chi connectivity index (χ4n) is 3.96. The Bertz CT molecular complexity index is 925. The van der Waals surface area contributed by atoms with Crippen molar-refractivity contribution in [3.8, 4) is 17.0 Å². The third-order valence-electron chi connectivity index (χ3n) is 5.14. The second kappa shape index (κ2) is 7.14. The molecule has 2 heterocycles. The summed E-state index contributed by atoms with van der Waals surface area (Å²) in [4.78, 5) is 0. The maximum Gasteiger partial charge on any atom is 0.147 e. The normalized spacial score (nSPS) is 11.5. The second-order valence-corrected chi connectivity index (χ2v) is 7.45. The van der Waals surface area contributed by atoms with Crippen LogP contribution in [0.1, 0.15) is 54.6 Å². The highest BCUT2D eigenvalue weighted by Gasteiger charge is 2.19. The maximum atomic E-state index is 6.36. The Morgan fingerprint density at radius 1 is 0.885 bits per heavy atom. The Morgan fingerprint density at radius 3 is 2.08 bits per heavy atom. The zero-order chi connectivity index (χ0) is 19.0. The van der Waals surface area contributed by atoms with Crippen LogP contribution in [0.25, 0.3) is 16.8 Å². The van der Waals surface area contributed by atoms with Gasteiger partial charge in [-0.05, 0) is 70.2 Å². The van der Waals surface area contributed by atoms with Crippen LogP contribution in [0, 0.1) is 34.6 Å². The highest BCUT2D eigenvalue weighted by atomic mass is 16.5. The van der Waals surface area contributed by atoms with Crippen molar-refractivity contribution in [2.45, 2.75) is 67.4 Å². The van der Waals surface area contributed by atoms with Gasteiger partial charge in [0.25, 0.3) is 0 Å². The molecule has 0 aliphatic heterocycles. The van der Waals surface area contributed by atoms with Gasteiger partial charge in [0.2, 0.25) is 0 Å². The van der Waals surface area contributed by atoms with E-state index < -0.39 is 0 Å². The van der Waals surface area contributed by atoms with Crippen LogP contribution in [0.3, 0.4) is 0 Å². The summed E-state index contributed by atoms with van der Waals surface area (Å²) in [6, 6.07) is 8.80. The van der Waals surface area contributed by atoms with Crippen molar-refractivity contribution in [2.75, 3.05) is 0 Å². The van der Waals surface area contributed by atoms with Gasteiger partial charge in [0.05, 0.1) is 17.5 Å². The standard InChI is InChI=1S/C23H30N2O/c1-8-19(9-2)26-21-13-18(7)24-25-20(12-17(6)23(21)25)22-15(4)10-14(3)11-16(22)5/h10-13,19H,8-9H2,1-7H3. The molecule has 0 bridgehead atoms. The van der Waals surface area contributed by atoms with Gasteiger partial charge in [-0.25, -0.2) is 4.52 Å². The summed E-state index contributed by atoms with van der Waals surface area (Å²) >= 11 is 0. The van der Waals surface area contributed by atoms with Gasteiger partial charge in [-0.2, -0.15) is 5.10 Å². The molecule has 138 valence electrons. The molecule has 0 N–H and O–H groups in total. The number of fused-ring (bicyclic) bond motifs is 1. The number of nitrogens with zero attached hydrogens (tertiary/aromatic N) is 2. The third-order valence-corrected chi connectivity index (χ3v) is 5.14. The zero-order valence-electron chi connectivity index (χ0n) is 17.1. The molecule has 0 aliphatic carbocycles. The lowest BCUT2D eigenvalue weighted by Gasteiger charge is -2.18. The Morgan fingerprint density at radius 2 is 1.50 bits per heavy atom. The first kappa shape index (κ1) is 18.5. The Hall–Kier alpha value is -2.29. The van der Waals surface area contributed by atoms with E-state index in [9.17, 15) is 0 Å². The predicted molar refractivity (Wildman–Crippen MR) is 109 cm³/mol. The number of hydrogen-bond acceptors (Lipinski definition) is 2. The van der Waals surface area contributed by atoms with E-state index in [4.69, 9.17) is 9.84 Å². The van der Waals surface area contributed by atoms with Crippen molar-refractivity contribution >= 4 is 5.52 Å². The van der Waals surface area contributed by atoms with E-state index in [2.05, 4.69) is 70.3 Å². The molecule has 0 saturated heterocycles. The number of ether oxygens (including phenoxy) is 1. The summed E-state index contributed by atoms with van der Waals surface area (Å²) in [5.74, 6) is 0.942. The van der Waals surface area contributed by atoms with E-state index >= 15 is 0 Å².